The van der Waals surface area contributed by atoms with Crippen LogP contribution >= 0.6 is 0 Å². The Morgan fingerprint density at radius 2 is 1.45 bits per heavy atom. The SMILES string of the molecule is Cc1ccc(-c2cc(-c3ccccc3)oc(=O)c2)cc1. The van der Waals surface area contributed by atoms with E-state index in [0.717, 1.165) is 16.7 Å². The van der Waals surface area contributed by atoms with Crippen LogP contribution in [0.3, 0.4) is 0 Å². The fourth-order valence-corrected chi connectivity index (χ4v) is 2.13. The summed E-state index contributed by atoms with van der Waals surface area (Å²) in [5.41, 5.74) is 3.65. The van der Waals surface area contributed by atoms with Crippen LogP contribution in [0.5, 0.6) is 0 Å². The maximum absolute atomic E-state index is 11.8. The topological polar surface area (TPSA) is 30.2 Å². The summed E-state index contributed by atoms with van der Waals surface area (Å²) in [5.74, 6) is 0.591. The maximum atomic E-state index is 11.8. The van der Waals surface area contributed by atoms with Gasteiger partial charge in [-0.25, -0.2) is 4.79 Å². The van der Waals surface area contributed by atoms with Crippen LogP contribution in [0.25, 0.3) is 22.5 Å². The minimum atomic E-state index is -0.332. The van der Waals surface area contributed by atoms with Crippen LogP contribution in [0, 0.1) is 6.92 Å². The Labute approximate surface area is 117 Å². The van der Waals surface area contributed by atoms with Crippen LogP contribution in [0.15, 0.2) is 75.9 Å². The Balaban J connectivity index is 2.12. The van der Waals surface area contributed by atoms with Crippen molar-refractivity contribution >= 4 is 0 Å². The van der Waals surface area contributed by atoms with Gasteiger partial charge in [0.1, 0.15) is 5.76 Å². The average Bonchev–Trinajstić information content (AvgIpc) is 2.48. The molecule has 0 saturated carbocycles. The lowest BCUT2D eigenvalue weighted by atomic mass is 10.0. The van der Waals surface area contributed by atoms with Gasteiger partial charge in [0.2, 0.25) is 0 Å². The molecule has 0 unspecified atom stereocenters. The van der Waals surface area contributed by atoms with E-state index in [0.29, 0.717) is 5.76 Å². The lowest BCUT2D eigenvalue weighted by molar-refractivity contribution is 0.526. The number of hydrogen-bond acceptors (Lipinski definition) is 2. The van der Waals surface area contributed by atoms with E-state index in [1.54, 1.807) is 0 Å². The third kappa shape index (κ3) is 2.54. The Bertz CT molecular complexity index is 769. The number of benzene rings is 2. The summed E-state index contributed by atoms with van der Waals surface area (Å²) in [6.07, 6.45) is 0. The summed E-state index contributed by atoms with van der Waals surface area (Å²) in [6.45, 7) is 2.04. The van der Waals surface area contributed by atoms with Crippen LogP contribution in [-0.4, -0.2) is 0 Å². The minimum Gasteiger partial charge on any atom is -0.423 e. The van der Waals surface area contributed by atoms with Crippen molar-refractivity contribution in [3.05, 3.63) is 82.7 Å². The molecule has 3 rings (SSSR count). The van der Waals surface area contributed by atoms with Gasteiger partial charge in [-0.3, -0.25) is 0 Å². The third-order valence-corrected chi connectivity index (χ3v) is 3.21. The van der Waals surface area contributed by atoms with Gasteiger partial charge in [-0.1, -0.05) is 60.2 Å². The molecule has 20 heavy (non-hydrogen) atoms. The predicted octanol–water partition coefficient (Wildman–Crippen LogP) is 4.28. The third-order valence-electron chi connectivity index (χ3n) is 3.21. The van der Waals surface area contributed by atoms with Gasteiger partial charge in [0.15, 0.2) is 0 Å². The molecule has 0 N–H and O–H groups in total. The molecule has 0 saturated heterocycles. The smallest absolute Gasteiger partial charge is 0.336 e. The van der Waals surface area contributed by atoms with E-state index in [-0.39, 0.29) is 5.63 Å². The molecule has 1 aromatic heterocycles. The second-order valence-electron chi connectivity index (χ2n) is 4.76. The van der Waals surface area contributed by atoms with Gasteiger partial charge >= 0.3 is 5.63 Å². The summed E-state index contributed by atoms with van der Waals surface area (Å²) in [6, 6.07) is 21.2. The van der Waals surface area contributed by atoms with Crippen LogP contribution < -0.4 is 5.63 Å². The maximum Gasteiger partial charge on any atom is 0.336 e. The lowest BCUT2D eigenvalue weighted by Gasteiger charge is -2.05. The molecule has 2 aromatic carbocycles. The van der Waals surface area contributed by atoms with Gasteiger partial charge in [0.05, 0.1) is 0 Å². The average molecular weight is 262 g/mol. The van der Waals surface area contributed by atoms with E-state index in [1.165, 1.54) is 11.6 Å². The molecule has 0 aliphatic carbocycles. The first-order chi connectivity index (χ1) is 9.72. The molecule has 2 heteroatoms. The standard InChI is InChI=1S/C18H14O2/c1-13-7-9-14(10-8-13)16-11-17(20-18(19)12-16)15-5-3-2-4-6-15/h2-12H,1H3. The lowest BCUT2D eigenvalue weighted by Crippen LogP contribution is -1.98. The quantitative estimate of drug-likeness (QED) is 0.690. The zero-order valence-electron chi connectivity index (χ0n) is 11.2. The van der Waals surface area contributed by atoms with Crippen LogP contribution in [0.1, 0.15) is 5.56 Å². The zero-order valence-corrected chi connectivity index (χ0v) is 11.2. The van der Waals surface area contributed by atoms with Gasteiger partial charge in [-0.05, 0) is 24.1 Å². The first-order valence-electron chi connectivity index (χ1n) is 6.50. The molecule has 0 amide bonds. The fourth-order valence-electron chi connectivity index (χ4n) is 2.13. The van der Waals surface area contributed by atoms with Crippen molar-refractivity contribution in [2.75, 3.05) is 0 Å². The molecule has 2 nitrogen and oxygen atoms in total. The molecular formula is C18H14O2. The molecule has 3 aromatic rings. The second-order valence-corrected chi connectivity index (χ2v) is 4.76. The Hall–Kier alpha value is -2.61. The molecule has 0 radical (unpaired) electrons. The van der Waals surface area contributed by atoms with Gasteiger partial charge in [0.25, 0.3) is 0 Å². The molecule has 0 aliphatic heterocycles. The normalized spacial score (nSPS) is 10.4. The van der Waals surface area contributed by atoms with Gasteiger partial charge in [0, 0.05) is 11.6 Å². The summed E-state index contributed by atoms with van der Waals surface area (Å²) in [7, 11) is 0. The van der Waals surface area contributed by atoms with Crippen LogP contribution in [0.2, 0.25) is 0 Å². The van der Waals surface area contributed by atoms with Crippen molar-refractivity contribution in [3.63, 3.8) is 0 Å². The summed E-state index contributed by atoms with van der Waals surface area (Å²) in [5, 5.41) is 0. The molecule has 1 heterocycles. The Morgan fingerprint density at radius 1 is 0.750 bits per heavy atom. The highest BCUT2D eigenvalue weighted by Crippen LogP contribution is 2.24. The monoisotopic (exact) mass is 262 g/mol. The van der Waals surface area contributed by atoms with E-state index in [4.69, 9.17) is 4.42 Å². The minimum absolute atomic E-state index is 0.332. The second kappa shape index (κ2) is 5.17. The van der Waals surface area contributed by atoms with E-state index in [9.17, 15) is 4.79 Å². The van der Waals surface area contributed by atoms with Gasteiger partial charge in [-0.15, -0.1) is 0 Å². The van der Waals surface area contributed by atoms with Gasteiger partial charge < -0.3 is 4.42 Å². The highest BCUT2D eigenvalue weighted by atomic mass is 16.4. The van der Waals surface area contributed by atoms with E-state index >= 15 is 0 Å². The number of rotatable bonds is 2. The van der Waals surface area contributed by atoms with Crippen molar-refractivity contribution in [3.8, 4) is 22.5 Å². The van der Waals surface area contributed by atoms with Crippen molar-refractivity contribution in [2.24, 2.45) is 0 Å². The van der Waals surface area contributed by atoms with Crippen molar-refractivity contribution in [1.29, 1.82) is 0 Å². The number of hydrogen-bond donors (Lipinski definition) is 0. The van der Waals surface area contributed by atoms with E-state index in [2.05, 4.69) is 0 Å². The van der Waals surface area contributed by atoms with E-state index < -0.39 is 0 Å². The first kappa shape index (κ1) is 12.4. The van der Waals surface area contributed by atoms with Crippen molar-refractivity contribution in [1.82, 2.24) is 0 Å². The molecule has 0 bridgehead atoms. The summed E-state index contributed by atoms with van der Waals surface area (Å²) < 4.78 is 5.29. The molecule has 0 spiro atoms. The Morgan fingerprint density at radius 3 is 2.15 bits per heavy atom. The zero-order chi connectivity index (χ0) is 13.9. The molecular weight excluding hydrogens is 248 g/mol. The largest absolute Gasteiger partial charge is 0.423 e. The van der Waals surface area contributed by atoms with Gasteiger partial charge in [-0.2, -0.15) is 0 Å². The highest BCUT2D eigenvalue weighted by molar-refractivity contribution is 5.69. The summed E-state index contributed by atoms with van der Waals surface area (Å²) in [4.78, 5) is 11.8. The fraction of sp³-hybridized carbons (Fsp3) is 0.0556. The van der Waals surface area contributed by atoms with Crippen LogP contribution in [0.4, 0.5) is 0 Å². The molecule has 0 atom stereocenters. The first-order valence-corrected chi connectivity index (χ1v) is 6.50. The molecule has 0 fully saturated rings. The summed E-state index contributed by atoms with van der Waals surface area (Å²) >= 11 is 0. The number of aryl methyl sites for hydroxylation is 1. The van der Waals surface area contributed by atoms with Crippen molar-refractivity contribution < 1.29 is 4.42 Å². The molecule has 0 aliphatic rings. The van der Waals surface area contributed by atoms with E-state index in [1.807, 2.05) is 67.6 Å². The molecule has 98 valence electrons. The van der Waals surface area contributed by atoms with Crippen LogP contribution in [-0.2, 0) is 0 Å². The van der Waals surface area contributed by atoms with Crippen molar-refractivity contribution in [2.45, 2.75) is 6.92 Å². The highest BCUT2D eigenvalue weighted by Gasteiger charge is 2.06. The Kier molecular flexibility index (Phi) is 3.21. The predicted molar refractivity (Wildman–Crippen MR) is 80.6 cm³/mol.